The second-order valence-corrected chi connectivity index (χ2v) is 5.40. The molecule has 2 aliphatic rings. The van der Waals surface area contributed by atoms with Crippen LogP contribution in [0.1, 0.15) is 25.5 Å². The van der Waals surface area contributed by atoms with Gasteiger partial charge in [0.05, 0.1) is 11.7 Å². The first-order valence-corrected chi connectivity index (χ1v) is 6.12. The molecule has 0 fully saturated rings. The summed E-state index contributed by atoms with van der Waals surface area (Å²) in [6, 6.07) is 2.84. The molecule has 1 aromatic carbocycles. The quantitative estimate of drug-likeness (QED) is 0.636. The highest BCUT2D eigenvalue weighted by atomic mass is 16.5. The summed E-state index contributed by atoms with van der Waals surface area (Å²) in [5, 5.41) is 12.8. The van der Waals surface area contributed by atoms with Crippen LogP contribution in [-0.4, -0.2) is 29.3 Å². The molecule has 102 valence electrons. The molecule has 0 aliphatic carbocycles. The van der Waals surface area contributed by atoms with Crippen molar-refractivity contribution in [3.8, 4) is 11.5 Å². The molecule has 0 spiro atoms. The van der Waals surface area contributed by atoms with Crippen LogP contribution in [0.4, 0.5) is 5.69 Å². The van der Waals surface area contributed by atoms with Crippen LogP contribution in [0.3, 0.4) is 0 Å². The van der Waals surface area contributed by atoms with Crippen LogP contribution in [-0.2, 0) is 4.79 Å². The van der Waals surface area contributed by atoms with Gasteiger partial charge in [0.2, 0.25) is 0 Å². The average molecular weight is 264 g/mol. The predicted molar refractivity (Wildman–Crippen MR) is 68.2 cm³/mol. The molecule has 2 heterocycles. The van der Waals surface area contributed by atoms with E-state index in [1.807, 2.05) is 0 Å². The van der Waals surface area contributed by atoms with Gasteiger partial charge in [-0.05, 0) is 19.9 Å². The fourth-order valence-corrected chi connectivity index (χ4v) is 2.42. The molecule has 1 amide bonds. The Balaban J connectivity index is 2.09. The highest BCUT2D eigenvalue weighted by Gasteiger charge is 2.42. The van der Waals surface area contributed by atoms with Crippen LogP contribution in [0.2, 0.25) is 0 Å². The van der Waals surface area contributed by atoms with Gasteiger partial charge in [-0.3, -0.25) is 4.79 Å². The van der Waals surface area contributed by atoms with Crippen LogP contribution in [0.5, 0.6) is 11.5 Å². The Kier molecular flexibility index (Phi) is 2.48. The molecule has 2 aliphatic heterocycles. The van der Waals surface area contributed by atoms with E-state index in [-0.39, 0.29) is 12.5 Å². The Bertz CT molecular complexity index is 556. The van der Waals surface area contributed by atoms with E-state index in [2.05, 4.69) is 5.32 Å². The number of hydrogen-bond donors (Lipinski definition) is 3. The predicted octanol–water partition coefficient (Wildman–Crippen LogP) is 0.549. The van der Waals surface area contributed by atoms with Gasteiger partial charge in [0.25, 0.3) is 5.91 Å². The molecule has 6 nitrogen and oxygen atoms in total. The molecule has 0 saturated heterocycles. The van der Waals surface area contributed by atoms with Gasteiger partial charge in [0.1, 0.15) is 23.2 Å². The Morgan fingerprint density at radius 2 is 2.16 bits per heavy atom. The number of nitrogens with two attached hydrogens (primary N) is 1. The monoisotopic (exact) mass is 264 g/mol. The molecule has 2 atom stereocenters. The fraction of sp³-hybridized carbons (Fsp3) is 0.462. The van der Waals surface area contributed by atoms with E-state index >= 15 is 0 Å². The maximum atomic E-state index is 11.3. The lowest BCUT2D eigenvalue weighted by atomic mass is 9.87. The number of nitrogens with one attached hydrogen (secondary N) is 1. The summed E-state index contributed by atoms with van der Waals surface area (Å²) >= 11 is 0. The van der Waals surface area contributed by atoms with E-state index in [4.69, 9.17) is 15.2 Å². The first-order chi connectivity index (χ1) is 8.88. The van der Waals surface area contributed by atoms with Crippen LogP contribution in [0.15, 0.2) is 12.1 Å². The zero-order valence-corrected chi connectivity index (χ0v) is 10.8. The molecular formula is C13H16N2O4. The molecule has 1 aromatic rings. The number of carbonyl (C=O) groups excluding carboxylic acids is 1. The Labute approximate surface area is 110 Å². The lowest BCUT2D eigenvalue weighted by Crippen LogP contribution is -2.51. The van der Waals surface area contributed by atoms with Crippen molar-refractivity contribution >= 4 is 11.6 Å². The minimum absolute atomic E-state index is 0.0101. The molecule has 4 N–H and O–H groups in total. The number of carbonyl (C=O) groups is 1. The second-order valence-electron chi connectivity index (χ2n) is 5.40. The van der Waals surface area contributed by atoms with Crippen molar-refractivity contribution in [3.63, 3.8) is 0 Å². The standard InChI is InChI=1S/C13H16N2O4/c1-13(2)12(17)11(14)6-3-7-9(4-8(6)19-13)18-5-10(16)15-7/h3-4,11-12,17H,5,14H2,1-2H3,(H,15,16). The smallest absolute Gasteiger partial charge is 0.262 e. The van der Waals surface area contributed by atoms with Crippen molar-refractivity contribution in [2.24, 2.45) is 5.73 Å². The third-order valence-electron chi connectivity index (χ3n) is 3.53. The van der Waals surface area contributed by atoms with E-state index in [9.17, 15) is 9.90 Å². The molecule has 0 aromatic heterocycles. The molecule has 6 heteroatoms. The third-order valence-corrected chi connectivity index (χ3v) is 3.53. The number of ether oxygens (including phenoxy) is 2. The zero-order valence-electron chi connectivity index (χ0n) is 10.8. The van der Waals surface area contributed by atoms with Crippen molar-refractivity contribution in [2.45, 2.75) is 31.6 Å². The first kappa shape index (κ1) is 12.3. The fourth-order valence-electron chi connectivity index (χ4n) is 2.42. The Morgan fingerprint density at radius 3 is 2.89 bits per heavy atom. The first-order valence-electron chi connectivity index (χ1n) is 6.12. The van der Waals surface area contributed by atoms with Crippen molar-refractivity contribution in [3.05, 3.63) is 17.7 Å². The number of aliphatic hydroxyl groups excluding tert-OH is 1. The lowest BCUT2D eigenvalue weighted by molar-refractivity contribution is -0.118. The zero-order chi connectivity index (χ0) is 13.8. The third kappa shape index (κ3) is 1.84. The van der Waals surface area contributed by atoms with Gasteiger partial charge in [0.15, 0.2) is 6.61 Å². The van der Waals surface area contributed by atoms with Gasteiger partial charge in [-0.2, -0.15) is 0 Å². The van der Waals surface area contributed by atoms with Crippen molar-refractivity contribution < 1.29 is 19.4 Å². The molecular weight excluding hydrogens is 248 g/mol. The summed E-state index contributed by atoms with van der Waals surface area (Å²) in [5.41, 5.74) is 6.50. The topological polar surface area (TPSA) is 93.8 Å². The maximum Gasteiger partial charge on any atom is 0.262 e. The molecule has 0 saturated carbocycles. The maximum absolute atomic E-state index is 11.3. The highest BCUT2D eigenvalue weighted by molar-refractivity contribution is 5.95. The Morgan fingerprint density at radius 1 is 1.42 bits per heavy atom. The number of hydrogen-bond acceptors (Lipinski definition) is 5. The van der Waals surface area contributed by atoms with Crippen LogP contribution >= 0.6 is 0 Å². The van der Waals surface area contributed by atoms with Crippen molar-refractivity contribution in [1.29, 1.82) is 0 Å². The summed E-state index contributed by atoms with van der Waals surface area (Å²) in [7, 11) is 0. The van der Waals surface area contributed by atoms with E-state index in [1.54, 1.807) is 26.0 Å². The highest BCUT2D eigenvalue weighted by Crippen LogP contribution is 2.44. The summed E-state index contributed by atoms with van der Waals surface area (Å²) in [5.74, 6) is 0.925. The summed E-state index contributed by atoms with van der Waals surface area (Å²) in [6.07, 6.45) is -0.821. The van der Waals surface area contributed by atoms with Gasteiger partial charge in [-0.1, -0.05) is 0 Å². The van der Waals surface area contributed by atoms with Crippen molar-refractivity contribution in [2.75, 3.05) is 11.9 Å². The molecule has 3 rings (SSSR count). The van der Waals surface area contributed by atoms with Gasteiger partial charge in [-0.15, -0.1) is 0 Å². The van der Waals surface area contributed by atoms with Crippen molar-refractivity contribution in [1.82, 2.24) is 0 Å². The molecule has 0 radical (unpaired) electrons. The largest absolute Gasteiger partial charge is 0.485 e. The molecule has 2 unspecified atom stereocenters. The Hall–Kier alpha value is -1.79. The number of amides is 1. The van der Waals surface area contributed by atoms with E-state index in [0.29, 0.717) is 22.7 Å². The lowest BCUT2D eigenvalue weighted by Gasteiger charge is -2.41. The number of fused-ring (bicyclic) bond motifs is 2. The molecule has 0 bridgehead atoms. The normalized spacial score (nSPS) is 27.5. The van der Waals surface area contributed by atoms with E-state index in [1.165, 1.54) is 0 Å². The van der Waals surface area contributed by atoms with E-state index in [0.717, 1.165) is 0 Å². The summed E-state index contributed by atoms with van der Waals surface area (Å²) < 4.78 is 11.1. The minimum atomic E-state index is -0.821. The molecule has 19 heavy (non-hydrogen) atoms. The van der Waals surface area contributed by atoms with E-state index < -0.39 is 17.7 Å². The number of benzene rings is 1. The van der Waals surface area contributed by atoms with Gasteiger partial charge >= 0.3 is 0 Å². The summed E-state index contributed by atoms with van der Waals surface area (Å²) in [4.78, 5) is 11.3. The average Bonchev–Trinajstić information content (AvgIpc) is 2.34. The SMILES string of the molecule is CC1(C)Oc2cc3c(cc2C(N)C1O)NC(=O)CO3. The van der Waals surface area contributed by atoms with Gasteiger partial charge in [0, 0.05) is 11.6 Å². The number of aliphatic hydroxyl groups is 1. The summed E-state index contributed by atoms with van der Waals surface area (Å²) in [6.45, 7) is 3.55. The van der Waals surface area contributed by atoms with Crippen LogP contribution < -0.4 is 20.5 Å². The number of rotatable bonds is 0. The minimum Gasteiger partial charge on any atom is -0.485 e. The van der Waals surface area contributed by atoms with Crippen LogP contribution in [0, 0.1) is 0 Å². The van der Waals surface area contributed by atoms with Gasteiger partial charge in [-0.25, -0.2) is 0 Å². The van der Waals surface area contributed by atoms with Gasteiger partial charge < -0.3 is 25.6 Å². The number of anilines is 1. The van der Waals surface area contributed by atoms with Crippen LogP contribution in [0.25, 0.3) is 0 Å². The second kappa shape index (κ2) is 3.85.